The zero-order valence-corrected chi connectivity index (χ0v) is 14.0. The molecular weight excluding hydrogens is 318 g/mol. The first-order chi connectivity index (χ1) is 12.2. The molecule has 1 aromatic carbocycles. The van der Waals surface area contributed by atoms with E-state index in [0.717, 1.165) is 30.8 Å². The number of anilines is 1. The van der Waals surface area contributed by atoms with Crippen molar-refractivity contribution in [2.45, 2.75) is 38.5 Å². The van der Waals surface area contributed by atoms with Gasteiger partial charge in [0.25, 0.3) is 0 Å². The molecule has 7 nitrogen and oxygen atoms in total. The van der Waals surface area contributed by atoms with Gasteiger partial charge in [0.2, 0.25) is 5.89 Å². The largest absolute Gasteiger partial charge is 0.408 e. The molecule has 2 aromatic heterocycles. The number of imidazole rings is 1. The first-order valence-corrected chi connectivity index (χ1v) is 8.50. The number of aryl methyl sites for hydroxylation is 1. The van der Waals surface area contributed by atoms with Gasteiger partial charge >= 0.3 is 6.01 Å². The number of aliphatic hydroxyl groups excluding tert-OH is 1. The topological polar surface area (TPSA) is 89.0 Å². The SMILES string of the molecule is Cc1nnc(N[C@@H]2CC(Cn3ccnc3-c3ccccc3)C[C@H]2O)o1. The smallest absolute Gasteiger partial charge is 0.315 e. The van der Waals surface area contributed by atoms with Crippen molar-refractivity contribution in [2.75, 3.05) is 5.32 Å². The highest BCUT2D eigenvalue weighted by Crippen LogP contribution is 2.31. The summed E-state index contributed by atoms with van der Waals surface area (Å²) in [5.74, 6) is 1.82. The minimum absolute atomic E-state index is 0.0754. The molecule has 1 aliphatic rings. The molecule has 1 fully saturated rings. The van der Waals surface area contributed by atoms with Crippen molar-refractivity contribution in [1.29, 1.82) is 0 Å². The highest BCUT2D eigenvalue weighted by molar-refractivity contribution is 5.55. The summed E-state index contributed by atoms with van der Waals surface area (Å²) in [7, 11) is 0. The van der Waals surface area contributed by atoms with E-state index in [4.69, 9.17) is 4.42 Å². The zero-order valence-electron chi connectivity index (χ0n) is 14.0. The van der Waals surface area contributed by atoms with Crippen LogP contribution in [0.3, 0.4) is 0 Å². The summed E-state index contributed by atoms with van der Waals surface area (Å²) in [6.07, 6.45) is 4.97. The Morgan fingerprint density at radius 2 is 2.08 bits per heavy atom. The summed E-state index contributed by atoms with van der Waals surface area (Å²) in [6.45, 7) is 2.57. The average molecular weight is 339 g/mol. The maximum atomic E-state index is 10.4. The molecule has 1 unspecified atom stereocenters. The molecule has 25 heavy (non-hydrogen) atoms. The lowest BCUT2D eigenvalue weighted by Crippen LogP contribution is -2.28. The second kappa shape index (κ2) is 6.68. The Kier molecular flexibility index (Phi) is 4.23. The van der Waals surface area contributed by atoms with Crippen LogP contribution in [0.2, 0.25) is 0 Å². The first kappa shape index (κ1) is 15.8. The van der Waals surface area contributed by atoms with E-state index in [1.54, 1.807) is 6.92 Å². The Hall–Kier alpha value is -2.67. The fraction of sp³-hybridized carbons (Fsp3) is 0.389. The summed E-state index contributed by atoms with van der Waals surface area (Å²) in [5, 5.41) is 21.3. The van der Waals surface area contributed by atoms with E-state index < -0.39 is 6.10 Å². The molecule has 3 atom stereocenters. The second-order valence-corrected chi connectivity index (χ2v) is 6.55. The number of aromatic nitrogens is 4. The number of nitrogens with one attached hydrogen (secondary N) is 1. The van der Waals surface area contributed by atoms with Gasteiger partial charge in [0.15, 0.2) is 0 Å². The van der Waals surface area contributed by atoms with Crippen LogP contribution in [0, 0.1) is 12.8 Å². The van der Waals surface area contributed by atoms with Gasteiger partial charge in [-0.15, -0.1) is 5.10 Å². The Bertz CT molecular complexity index is 829. The van der Waals surface area contributed by atoms with Crippen LogP contribution in [0.15, 0.2) is 47.1 Å². The molecule has 7 heteroatoms. The second-order valence-electron chi connectivity index (χ2n) is 6.55. The molecule has 0 bridgehead atoms. The van der Waals surface area contributed by atoms with Gasteiger partial charge in [-0.2, -0.15) is 0 Å². The lowest BCUT2D eigenvalue weighted by atomic mass is 10.1. The molecule has 0 radical (unpaired) electrons. The van der Waals surface area contributed by atoms with Gasteiger partial charge in [0.05, 0.1) is 12.1 Å². The molecule has 0 amide bonds. The zero-order chi connectivity index (χ0) is 17.2. The normalized spacial score (nSPS) is 23.0. The molecule has 3 aromatic rings. The third-order valence-electron chi connectivity index (χ3n) is 4.66. The van der Waals surface area contributed by atoms with Crippen LogP contribution in [0.25, 0.3) is 11.4 Å². The minimum Gasteiger partial charge on any atom is -0.408 e. The van der Waals surface area contributed by atoms with Gasteiger partial charge in [-0.3, -0.25) is 0 Å². The lowest BCUT2D eigenvalue weighted by molar-refractivity contribution is 0.165. The van der Waals surface area contributed by atoms with Crippen LogP contribution < -0.4 is 5.32 Å². The standard InChI is InChI=1S/C18H21N5O2/c1-12-21-22-18(25-12)20-15-9-13(10-16(15)24)11-23-8-7-19-17(23)14-5-3-2-4-6-14/h2-8,13,15-16,24H,9-11H2,1H3,(H,20,22)/t13?,15-,16-/m1/s1. The van der Waals surface area contributed by atoms with E-state index in [2.05, 4.69) is 37.2 Å². The van der Waals surface area contributed by atoms with Gasteiger partial charge < -0.3 is 19.4 Å². The van der Waals surface area contributed by atoms with Gasteiger partial charge in [-0.25, -0.2) is 4.98 Å². The molecule has 130 valence electrons. The molecule has 2 heterocycles. The Labute approximate surface area is 145 Å². The average Bonchev–Trinajstić information content (AvgIpc) is 3.31. The molecule has 0 aliphatic heterocycles. The Morgan fingerprint density at radius 1 is 1.24 bits per heavy atom. The summed E-state index contributed by atoms with van der Waals surface area (Å²) >= 11 is 0. The molecule has 1 aliphatic carbocycles. The third-order valence-corrected chi connectivity index (χ3v) is 4.66. The number of aliphatic hydroxyl groups is 1. The van der Waals surface area contributed by atoms with Crippen LogP contribution in [0.5, 0.6) is 0 Å². The van der Waals surface area contributed by atoms with E-state index in [0.29, 0.717) is 17.8 Å². The van der Waals surface area contributed by atoms with Crippen LogP contribution >= 0.6 is 0 Å². The van der Waals surface area contributed by atoms with E-state index in [1.807, 2.05) is 30.6 Å². The monoisotopic (exact) mass is 339 g/mol. The van der Waals surface area contributed by atoms with Crippen molar-refractivity contribution in [2.24, 2.45) is 5.92 Å². The quantitative estimate of drug-likeness (QED) is 0.742. The third kappa shape index (κ3) is 3.41. The number of benzene rings is 1. The number of rotatable bonds is 5. The van der Waals surface area contributed by atoms with E-state index in [-0.39, 0.29) is 6.04 Å². The first-order valence-electron chi connectivity index (χ1n) is 8.50. The van der Waals surface area contributed by atoms with Crippen molar-refractivity contribution in [1.82, 2.24) is 19.7 Å². The number of hydrogen-bond acceptors (Lipinski definition) is 6. The highest BCUT2D eigenvalue weighted by atomic mass is 16.4. The van der Waals surface area contributed by atoms with Crippen LogP contribution in [-0.4, -0.2) is 37.0 Å². The highest BCUT2D eigenvalue weighted by Gasteiger charge is 2.34. The van der Waals surface area contributed by atoms with Crippen LogP contribution in [-0.2, 0) is 6.54 Å². The van der Waals surface area contributed by atoms with Crippen molar-refractivity contribution in [3.63, 3.8) is 0 Å². The predicted octanol–water partition coefficient (Wildman–Crippen LogP) is 2.49. The van der Waals surface area contributed by atoms with E-state index in [9.17, 15) is 5.11 Å². The molecule has 2 N–H and O–H groups in total. The van der Waals surface area contributed by atoms with Crippen molar-refractivity contribution >= 4 is 6.01 Å². The molecule has 4 rings (SSSR count). The molecule has 0 saturated heterocycles. The fourth-order valence-electron chi connectivity index (χ4n) is 3.52. The van der Waals surface area contributed by atoms with E-state index in [1.165, 1.54) is 0 Å². The van der Waals surface area contributed by atoms with Gasteiger partial charge in [-0.05, 0) is 18.8 Å². The van der Waals surface area contributed by atoms with E-state index >= 15 is 0 Å². The van der Waals surface area contributed by atoms with Crippen LogP contribution in [0.1, 0.15) is 18.7 Å². The summed E-state index contributed by atoms with van der Waals surface area (Å²) in [4.78, 5) is 4.49. The van der Waals surface area contributed by atoms with Crippen LogP contribution in [0.4, 0.5) is 6.01 Å². The Balaban J connectivity index is 1.44. The molecular formula is C18H21N5O2. The fourth-order valence-corrected chi connectivity index (χ4v) is 3.52. The maximum Gasteiger partial charge on any atom is 0.315 e. The Morgan fingerprint density at radius 3 is 2.84 bits per heavy atom. The van der Waals surface area contributed by atoms with Crippen molar-refractivity contribution < 1.29 is 9.52 Å². The summed E-state index contributed by atoms with van der Waals surface area (Å²) < 4.78 is 7.51. The lowest BCUT2D eigenvalue weighted by Gasteiger charge is -2.14. The minimum atomic E-state index is -0.430. The van der Waals surface area contributed by atoms with Gasteiger partial charge in [0, 0.05) is 31.4 Å². The predicted molar refractivity (Wildman–Crippen MR) is 92.8 cm³/mol. The summed E-state index contributed by atoms with van der Waals surface area (Å²) in [6, 6.07) is 10.4. The maximum absolute atomic E-state index is 10.4. The van der Waals surface area contributed by atoms with Crippen molar-refractivity contribution in [3.8, 4) is 11.4 Å². The molecule has 0 spiro atoms. The van der Waals surface area contributed by atoms with Gasteiger partial charge in [0.1, 0.15) is 5.82 Å². The number of nitrogens with zero attached hydrogens (tertiary/aromatic N) is 4. The number of hydrogen-bond donors (Lipinski definition) is 2. The summed E-state index contributed by atoms with van der Waals surface area (Å²) in [5.41, 5.74) is 1.10. The van der Waals surface area contributed by atoms with Crippen molar-refractivity contribution in [3.05, 3.63) is 48.6 Å². The van der Waals surface area contributed by atoms with Gasteiger partial charge in [-0.1, -0.05) is 35.4 Å². The molecule has 1 saturated carbocycles.